The molecule has 114 valence electrons. The molecule has 1 fully saturated rings. The monoisotopic (exact) mass is 313 g/mol. The van der Waals surface area contributed by atoms with Crippen molar-refractivity contribution in [3.05, 3.63) is 34.6 Å². The summed E-state index contributed by atoms with van der Waals surface area (Å²) in [5.41, 5.74) is -1.72. The second-order valence-corrected chi connectivity index (χ2v) is 6.45. The summed E-state index contributed by atoms with van der Waals surface area (Å²) >= 11 is 5.70. The summed E-state index contributed by atoms with van der Waals surface area (Å²) in [5, 5.41) is 12.0. The first-order valence-corrected chi connectivity index (χ1v) is 7.04. The van der Waals surface area contributed by atoms with Crippen molar-refractivity contribution in [1.82, 2.24) is 5.32 Å². The van der Waals surface area contributed by atoms with Gasteiger partial charge in [-0.2, -0.15) is 0 Å². The highest BCUT2D eigenvalue weighted by Gasteiger charge is 2.50. The molecule has 1 aliphatic rings. The van der Waals surface area contributed by atoms with Crippen LogP contribution in [0, 0.1) is 11.2 Å². The van der Waals surface area contributed by atoms with Crippen LogP contribution in [0.1, 0.15) is 32.3 Å². The van der Waals surface area contributed by atoms with Crippen molar-refractivity contribution < 1.29 is 19.1 Å². The van der Waals surface area contributed by atoms with Gasteiger partial charge in [-0.15, -0.1) is 0 Å². The number of carboxylic acid groups (broad SMARTS) is 1. The molecule has 0 aliphatic heterocycles. The molecule has 0 aromatic heterocycles. The van der Waals surface area contributed by atoms with E-state index in [0.29, 0.717) is 12.8 Å². The minimum atomic E-state index is -1.11. The molecule has 0 spiro atoms. The van der Waals surface area contributed by atoms with Crippen LogP contribution in [0.2, 0.25) is 5.02 Å². The molecule has 0 atom stereocenters. The molecule has 1 amide bonds. The van der Waals surface area contributed by atoms with Gasteiger partial charge >= 0.3 is 5.97 Å². The number of carbonyl (C=O) groups is 2. The van der Waals surface area contributed by atoms with Crippen LogP contribution in [-0.4, -0.2) is 23.5 Å². The number of amides is 1. The standard InChI is InChI=1S/C15H17ClFNO3/c1-14(2,10-4-3-9(16)7-11(10)17)12(19)18-8-15(5-6-15)13(20)21/h3-4,7H,5-6,8H2,1-2H3,(H,18,19)(H,20,21). The summed E-state index contributed by atoms with van der Waals surface area (Å²) in [5.74, 6) is -1.86. The summed E-state index contributed by atoms with van der Waals surface area (Å²) in [4.78, 5) is 23.4. The fourth-order valence-electron chi connectivity index (χ4n) is 2.21. The van der Waals surface area contributed by atoms with E-state index in [1.807, 2.05) is 0 Å². The van der Waals surface area contributed by atoms with E-state index in [1.165, 1.54) is 12.1 Å². The smallest absolute Gasteiger partial charge is 0.311 e. The number of hydrogen-bond acceptors (Lipinski definition) is 2. The van der Waals surface area contributed by atoms with E-state index in [4.69, 9.17) is 16.7 Å². The minimum absolute atomic E-state index is 0.0693. The number of carboxylic acids is 1. The number of benzene rings is 1. The average molecular weight is 314 g/mol. The van der Waals surface area contributed by atoms with Crippen LogP contribution in [0.15, 0.2) is 18.2 Å². The van der Waals surface area contributed by atoms with E-state index in [1.54, 1.807) is 13.8 Å². The number of nitrogens with one attached hydrogen (secondary N) is 1. The molecule has 6 heteroatoms. The lowest BCUT2D eigenvalue weighted by Gasteiger charge is -2.25. The maximum absolute atomic E-state index is 14.0. The van der Waals surface area contributed by atoms with Crippen LogP contribution in [0.25, 0.3) is 0 Å². The van der Waals surface area contributed by atoms with Crippen molar-refractivity contribution in [2.24, 2.45) is 5.41 Å². The molecule has 1 aromatic carbocycles. The van der Waals surface area contributed by atoms with Crippen molar-refractivity contribution in [2.45, 2.75) is 32.1 Å². The Morgan fingerprint density at radius 1 is 1.43 bits per heavy atom. The van der Waals surface area contributed by atoms with E-state index >= 15 is 0 Å². The van der Waals surface area contributed by atoms with E-state index in [2.05, 4.69) is 5.32 Å². The van der Waals surface area contributed by atoms with Crippen LogP contribution >= 0.6 is 11.6 Å². The van der Waals surface area contributed by atoms with Crippen molar-refractivity contribution in [3.63, 3.8) is 0 Å². The molecule has 0 bridgehead atoms. The summed E-state index contributed by atoms with van der Waals surface area (Å²) in [6.07, 6.45) is 1.11. The molecule has 1 aliphatic carbocycles. The Morgan fingerprint density at radius 2 is 2.05 bits per heavy atom. The van der Waals surface area contributed by atoms with Gasteiger partial charge < -0.3 is 10.4 Å². The molecular weight excluding hydrogens is 297 g/mol. The fourth-order valence-corrected chi connectivity index (χ4v) is 2.37. The van der Waals surface area contributed by atoms with Crippen molar-refractivity contribution in [3.8, 4) is 0 Å². The highest BCUT2D eigenvalue weighted by atomic mass is 35.5. The predicted octanol–water partition coefficient (Wildman–Crippen LogP) is 2.74. The first-order chi connectivity index (χ1) is 9.69. The number of aliphatic carboxylic acids is 1. The summed E-state index contributed by atoms with van der Waals surface area (Å²) in [6, 6.07) is 4.15. The summed E-state index contributed by atoms with van der Waals surface area (Å²) in [6.45, 7) is 3.25. The van der Waals surface area contributed by atoms with Crippen LogP contribution in [0.5, 0.6) is 0 Å². The molecule has 1 aromatic rings. The summed E-state index contributed by atoms with van der Waals surface area (Å²) < 4.78 is 14.0. The van der Waals surface area contributed by atoms with Gasteiger partial charge in [0, 0.05) is 17.1 Å². The normalized spacial score (nSPS) is 16.4. The molecule has 0 radical (unpaired) electrons. The van der Waals surface area contributed by atoms with E-state index in [-0.39, 0.29) is 17.1 Å². The molecule has 2 N–H and O–H groups in total. The van der Waals surface area contributed by atoms with Gasteiger partial charge in [0.15, 0.2) is 0 Å². The number of hydrogen-bond donors (Lipinski definition) is 2. The van der Waals surface area contributed by atoms with Gasteiger partial charge in [-0.1, -0.05) is 17.7 Å². The van der Waals surface area contributed by atoms with E-state index in [9.17, 15) is 14.0 Å². The molecule has 1 saturated carbocycles. The number of rotatable bonds is 5. The van der Waals surface area contributed by atoms with Gasteiger partial charge in [0.05, 0.1) is 10.8 Å². The third-order valence-electron chi connectivity index (χ3n) is 4.07. The molecule has 0 saturated heterocycles. The second-order valence-electron chi connectivity index (χ2n) is 6.02. The Labute approximate surface area is 127 Å². The zero-order valence-electron chi connectivity index (χ0n) is 11.9. The van der Waals surface area contributed by atoms with Gasteiger partial charge in [-0.25, -0.2) is 4.39 Å². The van der Waals surface area contributed by atoms with Gasteiger partial charge in [0.1, 0.15) is 5.82 Å². The molecule has 0 unspecified atom stereocenters. The Bertz CT molecular complexity index is 597. The van der Waals surface area contributed by atoms with Crippen molar-refractivity contribution >= 4 is 23.5 Å². The topological polar surface area (TPSA) is 66.4 Å². The fraction of sp³-hybridized carbons (Fsp3) is 0.467. The van der Waals surface area contributed by atoms with Crippen LogP contribution in [0.4, 0.5) is 4.39 Å². The lowest BCUT2D eigenvalue weighted by Crippen LogP contribution is -2.44. The minimum Gasteiger partial charge on any atom is -0.481 e. The second kappa shape index (κ2) is 5.30. The highest BCUT2D eigenvalue weighted by molar-refractivity contribution is 6.30. The van der Waals surface area contributed by atoms with E-state index < -0.39 is 28.5 Å². The molecule has 0 heterocycles. The third-order valence-corrected chi connectivity index (χ3v) is 4.30. The zero-order valence-corrected chi connectivity index (χ0v) is 12.6. The summed E-state index contributed by atoms with van der Waals surface area (Å²) in [7, 11) is 0. The number of halogens is 2. The largest absolute Gasteiger partial charge is 0.481 e. The Morgan fingerprint density at radius 3 is 2.52 bits per heavy atom. The van der Waals surface area contributed by atoms with Crippen molar-refractivity contribution in [1.29, 1.82) is 0 Å². The average Bonchev–Trinajstić information content (AvgIpc) is 3.16. The molecule has 21 heavy (non-hydrogen) atoms. The Balaban J connectivity index is 2.11. The predicted molar refractivity (Wildman–Crippen MR) is 76.7 cm³/mol. The maximum Gasteiger partial charge on any atom is 0.311 e. The van der Waals surface area contributed by atoms with Crippen LogP contribution in [0.3, 0.4) is 0 Å². The quantitative estimate of drug-likeness (QED) is 0.878. The van der Waals surface area contributed by atoms with Crippen LogP contribution in [-0.2, 0) is 15.0 Å². The first kappa shape index (κ1) is 15.8. The first-order valence-electron chi connectivity index (χ1n) is 6.66. The third kappa shape index (κ3) is 3.02. The number of carbonyl (C=O) groups excluding carboxylic acids is 1. The van der Waals surface area contributed by atoms with Gasteiger partial charge in [0.25, 0.3) is 0 Å². The van der Waals surface area contributed by atoms with Gasteiger partial charge in [0.2, 0.25) is 5.91 Å². The highest BCUT2D eigenvalue weighted by Crippen LogP contribution is 2.45. The van der Waals surface area contributed by atoms with Gasteiger partial charge in [-0.05, 0) is 38.8 Å². The van der Waals surface area contributed by atoms with E-state index in [0.717, 1.165) is 6.07 Å². The molecule has 4 nitrogen and oxygen atoms in total. The Kier molecular flexibility index (Phi) is 3.97. The SMILES string of the molecule is CC(C)(C(=O)NCC1(C(=O)O)CC1)c1ccc(Cl)cc1F. The van der Waals surface area contributed by atoms with Crippen molar-refractivity contribution in [2.75, 3.05) is 6.54 Å². The Hall–Kier alpha value is -1.62. The van der Waals surface area contributed by atoms with Gasteiger partial charge in [-0.3, -0.25) is 9.59 Å². The lowest BCUT2D eigenvalue weighted by molar-refractivity contribution is -0.143. The zero-order chi connectivity index (χ0) is 15.8. The molecule has 2 rings (SSSR count). The van der Waals surface area contributed by atoms with Crippen LogP contribution < -0.4 is 5.32 Å². The lowest BCUT2D eigenvalue weighted by atomic mass is 9.83. The molecular formula is C15H17ClFNO3. The maximum atomic E-state index is 14.0.